The minimum absolute atomic E-state index is 0.0637. The van der Waals surface area contributed by atoms with E-state index >= 15 is 0 Å². The summed E-state index contributed by atoms with van der Waals surface area (Å²) in [6.45, 7) is 5.92. The number of piperazine rings is 1. The average Bonchev–Trinajstić information content (AvgIpc) is 2.77. The Kier molecular flexibility index (Phi) is 7.47. The van der Waals surface area contributed by atoms with E-state index in [1.165, 1.54) is 28.1 Å². The number of nitrogens with one attached hydrogen (secondary N) is 1. The molecule has 2 aromatic rings. The normalized spacial score (nSPS) is 14.9. The molecule has 1 fully saturated rings. The minimum atomic E-state index is -3.42. The van der Waals surface area contributed by atoms with Crippen molar-refractivity contribution in [3.63, 3.8) is 0 Å². The number of hydrogen-bond acceptors (Lipinski definition) is 6. The lowest BCUT2D eigenvalue weighted by atomic mass is 10.1. The van der Waals surface area contributed by atoms with Crippen LogP contribution in [0.1, 0.15) is 27.9 Å². The lowest BCUT2D eigenvalue weighted by molar-refractivity contribution is -0.385. The Bertz CT molecular complexity index is 1100. The van der Waals surface area contributed by atoms with Gasteiger partial charge in [0.15, 0.2) is 0 Å². The van der Waals surface area contributed by atoms with E-state index in [-0.39, 0.29) is 30.0 Å². The third-order valence-corrected chi connectivity index (χ3v) is 7.49. The summed E-state index contributed by atoms with van der Waals surface area (Å²) in [7, 11) is -3.42. The van der Waals surface area contributed by atoms with Gasteiger partial charge in [0.25, 0.3) is 11.6 Å². The topological polar surface area (TPSA) is 113 Å². The Labute approximate surface area is 188 Å². The molecule has 9 nitrogen and oxygen atoms in total. The number of nitro benzene ring substituents is 1. The third-order valence-electron chi connectivity index (χ3n) is 5.53. The molecule has 1 aliphatic heterocycles. The Hall–Kier alpha value is -2.98. The van der Waals surface area contributed by atoms with Crippen molar-refractivity contribution in [1.82, 2.24) is 9.62 Å². The summed E-state index contributed by atoms with van der Waals surface area (Å²) in [4.78, 5) is 24.9. The van der Waals surface area contributed by atoms with Crippen LogP contribution in [0, 0.1) is 24.0 Å². The molecule has 1 amide bonds. The highest BCUT2D eigenvalue weighted by Crippen LogP contribution is 2.20. The largest absolute Gasteiger partial charge is 0.369 e. The van der Waals surface area contributed by atoms with Gasteiger partial charge in [0.1, 0.15) is 0 Å². The van der Waals surface area contributed by atoms with Gasteiger partial charge in [0.05, 0.1) is 10.7 Å². The Morgan fingerprint density at radius 2 is 1.81 bits per heavy atom. The molecule has 172 valence electrons. The molecule has 1 saturated heterocycles. The number of sulfonamides is 1. The first-order valence-corrected chi connectivity index (χ1v) is 12.1. The zero-order valence-corrected chi connectivity index (χ0v) is 19.1. The molecule has 0 bridgehead atoms. The zero-order valence-electron chi connectivity index (χ0n) is 18.3. The van der Waals surface area contributed by atoms with Crippen molar-refractivity contribution in [3.8, 4) is 0 Å². The number of carbonyl (C=O) groups is 1. The number of nitrogens with zero attached hydrogens (tertiary/aromatic N) is 3. The number of hydrogen-bond donors (Lipinski definition) is 1. The maximum atomic E-state index is 12.7. The highest BCUT2D eigenvalue weighted by atomic mass is 32.2. The summed E-state index contributed by atoms with van der Waals surface area (Å²) < 4.78 is 26.9. The van der Waals surface area contributed by atoms with Crippen molar-refractivity contribution < 1.29 is 18.1 Å². The smallest absolute Gasteiger partial charge is 0.273 e. The molecule has 3 rings (SSSR count). The van der Waals surface area contributed by atoms with Crippen LogP contribution < -0.4 is 10.2 Å². The molecule has 0 unspecified atom stereocenters. The van der Waals surface area contributed by atoms with E-state index in [0.717, 1.165) is 5.69 Å². The van der Waals surface area contributed by atoms with Crippen LogP contribution in [0.3, 0.4) is 0 Å². The van der Waals surface area contributed by atoms with Crippen molar-refractivity contribution >= 4 is 27.3 Å². The SMILES string of the molecule is Cc1cccc(N2CCN(S(=O)(=O)CCCNC(=O)c3ccc(C)c([N+](=O)[O-])c3)CC2)c1. The van der Waals surface area contributed by atoms with Gasteiger partial charge < -0.3 is 10.2 Å². The number of amides is 1. The first-order chi connectivity index (χ1) is 15.2. The maximum absolute atomic E-state index is 12.7. The molecule has 0 aliphatic carbocycles. The quantitative estimate of drug-likeness (QED) is 0.368. The van der Waals surface area contributed by atoms with E-state index in [1.807, 2.05) is 25.1 Å². The van der Waals surface area contributed by atoms with Gasteiger partial charge in [0, 0.05) is 55.6 Å². The first-order valence-electron chi connectivity index (χ1n) is 10.5. The van der Waals surface area contributed by atoms with E-state index in [9.17, 15) is 23.3 Å². The fourth-order valence-corrected chi connectivity index (χ4v) is 5.17. The van der Waals surface area contributed by atoms with Crippen molar-refractivity contribution in [2.24, 2.45) is 0 Å². The first kappa shape index (κ1) is 23.7. The fraction of sp³-hybridized carbons (Fsp3) is 0.409. The summed E-state index contributed by atoms with van der Waals surface area (Å²) in [5, 5.41) is 13.7. The predicted octanol–water partition coefficient (Wildman–Crippen LogP) is 2.48. The van der Waals surface area contributed by atoms with E-state index < -0.39 is 20.9 Å². The van der Waals surface area contributed by atoms with Gasteiger partial charge in [-0.2, -0.15) is 4.31 Å². The number of carbonyl (C=O) groups excluding carboxylic acids is 1. The van der Waals surface area contributed by atoms with Crippen LogP contribution in [0.15, 0.2) is 42.5 Å². The van der Waals surface area contributed by atoms with Gasteiger partial charge in [-0.25, -0.2) is 8.42 Å². The Morgan fingerprint density at radius 1 is 1.09 bits per heavy atom. The van der Waals surface area contributed by atoms with Crippen LogP contribution in [0.4, 0.5) is 11.4 Å². The lowest BCUT2D eigenvalue weighted by Gasteiger charge is -2.35. The van der Waals surface area contributed by atoms with Crippen LogP contribution in [-0.4, -0.2) is 62.0 Å². The third kappa shape index (κ3) is 5.83. The Morgan fingerprint density at radius 3 is 2.47 bits per heavy atom. The Balaban J connectivity index is 1.46. The predicted molar refractivity (Wildman–Crippen MR) is 124 cm³/mol. The number of nitro groups is 1. The zero-order chi connectivity index (χ0) is 23.3. The van der Waals surface area contributed by atoms with Gasteiger partial charge in [0.2, 0.25) is 10.0 Å². The number of benzene rings is 2. The van der Waals surface area contributed by atoms with E-state index in [0.29, 0.717) is 31.7 Å². The van der Waals surface area contributed by atoms with Gasteiger partial charge >= 0.3 is 0 Å². The lowest BCUT2D eigenvalue weighted by Crippen LogP contribution is -2.49. The summed E-state index contributed by atoms with van der Waals surface area (Å²) in [6.07, 6.45) is 0.264. The molecule has 2 aromatic carbocycles. The molecular formula is C22H28N4O5S. The van der Waals surface area contributed by atoms with E-state index in [1.54, 1.807) is 6.92 Å². The maximum Gasteiger partial charge on any atom is 0.273 e. The van der Waals surface area contributed by atoms with Crippen LogP contribution >= 0.6 is 0 Å². The standard InChI is InChI=1S/C22H28N4O5S/c1-17-5-3-6-20(15-17)24-10-12-25(13-11-24)32(30,31)14-4-9-23-22(27)19-8-7-18(2)21(16-19)26(28)29/h3,5-8,15-16H,4,9-14H2,1-2H3,(H,23,27). The van der Waals surface area contributed by atoms with Crippen LogP contribution in [-0.2, 0) is 10.0 Å². The van der Waals surface area contributed by atoms with Crippen molar-refractivity contribution in [1.29, 1.82) is 0 Å². The molecule has 0 radical (unpaired) electrons. The number of anilines is 1. The molecule has 10 heteroatoms. The van der Waals surface area contributed by atoms with Crippen molar-refractivity contribution in [2.45, 2.75) is 20.3 Å². The van der Waals surface area contributed by atoms with E-state index in [2.05, 4.69) is 16.3 Å². The molecule has 0 spiro atoms. The molecule has 1 heterocycles. The second-order valence-electron chi connectivity index (χ2n) is 7.91. The second kappa shape index (κ2) is 10.1. The van der Waals surface area contributed by atoms with Crippen LogP contribution in [0.5, 0.6) is 0 Å². The van der Waals surface area contributed by atoms with E-state index in [4.69, 9.17) is 0 Å². The van der Waals surface area contributed by atoms with Crippen molar-refractivity contribution in [2.75, 3.05) is 43.4 Å². The molecule has 1 aliphatic rings. The van der Waals surface area contributed by atoms with Gasteiger partial charge in [-0.15, -0.1) is 0 Å². The summed E-state index contributed by atoms with van der Waals surface area (Å²) in [5.74, 6) is -0.525. The molecule has 0 saturated carbocycles. The van der Waals surface area contributed by atoms with Gasteiger partial charge in [-0.1, -0.05) is 18.2 Å². The highest BCUT2D eigenvalue weighted by molar-refractivity contribution is 7.89. The van der Waals surface area contributed by atoms with Crippen LogP contribution in [0.25, 0.3) is 0 Å². The average molecular weight is 461 g/mol. The van der Waals surface area contributed by atoms with Gasteiger partial charge in [-0.3, -0.25) is 14.9 Å². The molecular weight excluding hydrogens is 432 g/mol. The minimum Gasteiger partial charge on any atom is -0.369 e. The molecule has 1 N–H and O–H groups in total. The van der Waals surface area contributed by atoms with Crippen molar-refractivity contribution in [3.05, 3.63) is 69.3 Å². The summed E-state index contributed by atoms with van der Waals surface area (Å²) in [6, 6.07) is 12.4. The highest BCUT2D eigenvalue weighted by Gasteiger charge is 2.26. The monoisotopic (exact) mass is 460 g/mol. The second-order valence-corrected chi connectivity index (χ2v) is 10.00. The molecule has 0 aromatic heterocycles. The molecule has 32 heavy (non-hydrogen) atoms. The number of aryl methyl sites for hydroxylation is 2. The number of rotatable bonds is 8. The summed E-state index contributed by atoms with van der Waals surface area (Å²) in [5.41, 5.74) is 2.79. The van der Waals surface area contributed by atoms with Crippen LogP contribution in [0.2, 0.25) is 0 Å². The molecule has 0 atom stereocenters. The summed E-state index contributed by atoms with van der Waals surface area (Å²) >= 11 is 0. The fourth-order valence-electron chi connectivity index (χ4n) is 3.68. The van der Waals surface area contributed by atoms with Gasteiger partial charge in [-0.05, 0) is 44.0 Å².